The minimum atomic E-state index is -0.811. The lowest BCUT2D eigenvalue weighted by atomic mass is 9.48. The normalized spacial score (nSPS) is 43.1. The standard InChI is InChI=1S/C31H38N2O5/c1-19-3-5-20(6-4-19)15-33-26-11-22-7-8-24-23-9-10-30(31(38-18-36-30)16-35-17-37-31)25(23)12-27(34)28(24)29(22,2)13-21(26)14-32-33/h3-6,11,14,23-25,27-28,34H,7-10,12-13,15-18H2,1-2H3/t23-,24-,25?,27-,28+,29-,30+,31?/m0/s1. The predicted molar refractivity (Wildman–Crippen MR) is 140 cm³/mol. The Labute approximate surface area is 224 Å². The molecule has 7 nitrogen and oxygen atoms in total. The van der Waals surface area contributed by atoms with Gasteiger partial charge in [0.2, 0.25) is 5.79 Å². The van der Waals surface area contributed by atoms with E-state index in [-0.39, 0.29) is 36.9 Å². The maximum absolute atomic E-state index is 11.9. The van der Waals surface area contributed by atoms with Gasteiger partial charge in [0.15, 0.2) is 13.6 Å². The van der Waals surface area contributed by atoms with Crippen LogP contribution in [0.1, 0.15) is 61.4 Å². The lowest BCUT2D eigenvalue weighted by Gasteiger charge is -2.58. The van der Waals surface area contributed by atoms with E-state index in [1.807, 2.05) is 0 Å². The summed E-state index contributed by atoms with van der Waals surface area (Å²) < 4.78 is 26.4. The molecule has 202 valence electrons. The average Bonchev–Trinajstić information content (AvgIpc) is 3.69. The monoisotopic (exact) mass is 518 g/mol. The molecule has 0 radical (unpaired) electrons. The zero-order chi connectivity index (χ0) is 25.7. The number of hydrogen-bond acceptors (Lipinski definition) is 6. The minimum absolute atomic E-state index is 0.0501. The van der Waals surface area contributed by atoms with Gasteiger partial charge < -0.3 is 24.1 Å². The van der Waals surface area contributed by atoms with Gasteiger partial charge in [0, 0.05) is 0 Å². The number of benzene rings is 1. The Hall–Kier alpha value is -2.03. The van der Waals surface area contributed by atoms with Gasteiger partial charge in [-0.05, 0) is 91.7 Å². The van der Waals surface area contributed by atoms with Crippen LogP contribution < -0.4 is 0 Å². The predicted octanol–water partition coefficient (Wildman–Crippen LogP) is 4.45. The van der Waals surface area contributed by atoms with E-state index in [2.05, 4.69) is 55.1 Å². The van der Waals surface area contributed by atoms with Gasteiger partial charge in [-0.15, -0.1) is 0 Å². The SMILES string of the molecule is Cc1ccc(Cn2ncc3c2C=C2CC[C@@H]4[C@H]([C@@H](O)CC5[C@H]4CC[C@@]54OCOC45COCO5)[C@@]2(C)C3)cc1. The van der Waals surface area contributed by atoms with E-state index in [0.717, 1.165) is 45.1 Å². The molecule has 2 unspecified atom stereocenters. The molecule has 3 heterocycles. The molecule has 4 aliphatic carbocycles. The molecule has 1 aromatic carbocycles. The van der Waals surface area contributed by atoms with Gasteiger partial charge in [0.05, 0.1) is 24.5 Å². The summed E-state index contributed by atoms with van der Waals surface area (Å²) in [6.45, 7) is 6.24. The van der Waals surface area contributed by atoms with Crippen molar-refractivity contribution in [3.8, 4) is 0 Å². The van der Waals surface area contributed by atoms with Crippen molar-refractivity contribution in [1.29, 1.82) is 0 Å². The molecule has 2 aliphatic heterocycles. The number of allylic oxidation sites excluding steroid dienone is 1. The fourth-order valence-corrected chi connectivity index (χ4v) is 9.62. The van der Waals surface area contributed by atoms with Crippen LogP contribution in [0.15, 0.2) is 36.0 Å². The van der Waals surface area contributed by atoms with Gasteiger partial charge in [-0.2, -0.15) is 5.10 Å². The number of hydrogen-bond donors (Lipinski definition) is 1. The fourth-order valence-electron chi connectivity index (χ4n) is 9.62. The van der Waals surface area contributed by atoms with E-state index < -0.39 is 11.4 Å². The number of aliphatic hydroxyl groups excluding tert-OH is 1. The maximum atomic E-state index is 11.9. The van der Waals surface area contributed by atoms with Crippen molar-refractivity contribution in [3.05, 3.63) is 58.4 Å². The van der Waals surface area contributed by atoms with Crippen LogP contribution in [-0.4, -0.2) is 52.6 Å². The third-order valence-corrected chi connectivity index (χ3v) is 11.3. The number of fused-ring (bicyclic) bond motifs is 8. The Bertz CT molecular complexity index is 1270. The smallest absolute Gasteiger partial charge is 0.226 e. The average molecular weight is 519 g/mol. The van der Waals surface area contributed by atoms with Crippen molar-refractivity contribution in [2.24, 2.45) is 29.1 Å². The van der Waals surface area contributed by atoms with Crippen LogP contribution in [0, 0.1) is 36.0 Å². The molecule has 0 bridgehead atoms. The second-order valence-electron chi connectivity index (χ2n) is 13.0. The summed E-state index contributed by atoms with van der Waals surface area (Å²) >= 11 is 0. The maximum Gasteiger partial charge on any atom is 0.226 e. The zero-order valence-electron chi connectivity index (χ0n) is 22.4. The summed E-state index contributed by atoms with van der Waals surface area (Å²) in [6, 6.07) is 8.74. The highest BCUT2D eigenvalue weighted by molar-refractivity contribution is 5.59. The van der Waals surface area contributed by atoms with Crippen LogP contribution in [-0.2, 0) is 31.9 Å². The van der Waals surface area contributed by atoms with Gasteiger partial charge in [-0.3, -0.25) is 4.68 Å². The van der Waals surface area contributed by atoms with Gasteiger partial charge in [-0.1, -0.05) is 42.3 Å². The number of aryl methyl sites for hydroxylation is 1. The summed E-state index contributed by atoms with van der Waals surface area (Å²) in [6.07, 6.45) is 10.0. The summed E-state index contributed by atoms with van der Waals surface area (Å²) in [4.78, 5) is 0. The van der Waals surface area contributed by atoms with Crippen molar-refractivity contribution >= 4 is 6.08 Å². The van der Waals surface area contributed by atoms with Gasteiger partial charge >= 0.3 is 0 Å². The first-order chi connectivity index (χ1) is 18.4. The highest BCUT2D eigenvalue weighted by Gasteiger charge is 2.72. The molecular formula is C31H38N2O5. The lowest BCUT2D eigenvalue weighted by molar-refractivity contribution is -0.231. The van der Waals surface area contributed by atoms with Crippen molar-refractivity contribution < 1.29 is 24.1 Å². The Morgan fingerprint density at radius 2 is 1.92 bits per heavy atom. The molecule has 8 atom stereocenters. The van der Waals surface area contributed by atoms with Crippen molar-refractivity contribution in [2.75, 3.05) is 20.2 Å². The second-order valence-corrected chi connectivity index (χ2v) is 13.0. The molecule has 2 saturated heterocycles. The highest BCUT2D eigenvalue weighted by Crippen LogP contribution is 2.66. The summed E-state index contributed by atoms with van der Waals surface area (Å²) in [5.41, 5.74) is 6.04. The molecular weight excluding hydrogens is 480 g/mol. The van der Waals surface area contributed by atoms with Crippen molar-refractivity contribution in [1.82, 2.24) is 9.78 Å². The molecule has 1 aromatic heterocycles. The van der Waals surface area contributed by atoms with E-state index in [4.69, 9.17) is 24.0 Å². The second kappa shape index (κ2) is 8.24. The zero-order valence-corrected chi connectivity index (χ0v) is 22.4. The molecule has 2 spiro atoms. The number of rotatable bonds is 2. The van der Waals surface area contributed by atoms with Crippen molar-refractivity contribution in [2.45, 2.75) is 76.4 Å². The number of ether oxygens (including phenoxy) is 4. The Morgan fingerprint density at radius 3 is 2.74 bits per heavy atom. The third-order valence-electron chi connectivity index (χ3n) is 11.3. The molecule has 3 saturated carbocycles. The molecule has 38 heavy (non-hydrogen) atoms. The van der Waals surface area contributed by atoms with Crippen LogP contribution in [0.3, 0.4) is 0 Å². The topological polar surface area (TPSA) is 75.0 Å². The van der Waals surface area contributed by atoms with E-state index in [1.54, 1.807) is 0 Å². The van der Waals surface area contributed by atoms with Crippen LogP contribution in [0.4, 0.5) is 0 Å². The van der Waals surface area contributed by atoms with Crippen LogP contribution in [0.5, 0.6) is 0 Å². The first kappa shape index (κ1) is 23.8. The van der Waals surface area contributed by atoms with E-state index in [0.29, 0.717) is 18.4 Å². The molecule has 2 aromatic rings. The van der Waals surface area contributed by atoms with Crippen LogP contribution in [0.2, 0.25) is 0 Å². The Balaban J connectivity index is 1.10. The summed E-state index contributed by atoms with van der Waals surface area (Å²) in [5, 5.41) is 16.7. The molecule has 7 heteroatoms. The molecule has 8 rings (SSSR count). The van der Waals surface area contributed by atoms with Crippen LogP contribution in [0.25, 0.3) is 6.08 Å². The number of nitrogens with zero attached hydrogens (tertiary/aromatic N) is 2. The third kappa shape index (κ3) is 3.11. The quantitative estimate of drug-likeness (QED) is 0.633. The molecule has 0 amide bonds. The van der Waals surface area contributed by atoms with E-state index in [9.17, 15) is 5.11 Å². The number of aliphatic hydroxyl groups is 1. The van der Waals surface area contributed by atoms with Gasteiger partial charge in [0.25, 0.3) is 0 Å². The first-order valence-corrected chi connectivity index (χ1v) is 14.4. The summed E-state index contributed by atoms with van der Waals surface area (Å²) in [5.74, 6) is 0.641. The summed E-state index contributed by atoms with van der Waals surface area (Å²) in [7, 11) is 0. The van der Waals surface area contributed by atoms with Gasteiger partial charge in [0.1, 0.15) is 12.2 Å². The molecule has 1 N–H and O–H groups in total. The largest absolute Gasteiger partial charge is 0.393 e. The highest BCUT2D eigenvalue weighted by atomic mass is 16.9. The van der Waals surface area contributed by atoms with Crippen molar-refractivity contribution in [3.63, 3.8) is 0 Å². The first-order valence-electron chi connectivity index (χ1n) is 14.4. The van der Waals surface area contributed by atoms with E-state index >= 15 is 0 Å². The lowest BCUT2D eigenvalue weighted by Crippen LogP contribution is -2.61. The minimum Gasteiger partial charge on any atom is -0.393 e. The fraction of sp³-hybridized carbons (Fsp3) is 0.645. The molecule has 6 aliphatic rings. The van der Waals surface area contributed by atoms with Gasteiger partial charge in [-0.25, -0.2) is 0 Å². The Kier molecular flexibility index (Phi) is 5.17. The molecule has 5 fully saturated rings. The van der Waals surface area contributed by atoms with Crippen LogP contribution >= 0.6 is 0 Å². The Morgan fingerprint density at radius 1 is 1.08 bits per heavy atom. The number of aromatic nitrogens is 2. The van der Waals surface area contributed by atoms with E-state index in [1.165, 1.54) is 28.0 Å².